The van der Waals surface area contributed by atoms with Gasteiger partial charge in [-0.2, -0.15) is 0 Å². The third kappa shape index (κ3) is 3.94. The number of imidazole rings is 1. The molecule has 2 aliphatic rings. The van der Waals surface area contributed by atoms with E-state index in [2.05, 4.69) is 59.1 Å². The maximum atomic E-state index is 10.5. The van der Waals surface area contributed by atoms with Crippen molar-refractivity contribution in [1.29, 1.82) is 0 Å². The predicted molar refractivity (Wildman–Crippen MR) is 138 cm³/mol. The zero-order chi connectivity index (χ0) is 24.2. The molecule has 5 aromatic heterocycles. The number of anilines is 2. The molecule has 10 heteroatoms. The number of pyridine rings is 2. The highest BCUT2D eigenvalue weighted by Crippen LogP contribution is 2.40. The molecule has 7 rings (SSSR count). The van der Waals surface area contributed by atoms with Gasteiger partial charge in [0, 0.05) is 55.8 Å². The van der Waals surface area contributed by atoms with Crippen molar-refractivity contribution in [3.63, 3.8) is 0 Å². The predicted octanol–water partition coefficient (Wildman–Crippen LogP) is 4.46. The average Bonchev–Trinajstić information content (AvgIpc) is 3.39. The minimum absolute atomic E-state index is 0.0608. The molecular weight excluding hydrogens is 476 g/mol. The fourth-order valence-electron chi connectivity index (χ4n) is 5.10. The van der Waals surface area contributed by atoms with Crippen LogP contribution in [0.1, 0.15) is 48.0 Å². The largest absolute Gasteiger partial charge is 0.391 e. The van der Waals surface area contributed by atoms with Crippen LogP contribution in [0.4, 0.5) is 11.6 Å². The summed E-state index contributed by atoms with van der Waals surface area (Å²) in [7, 11) is 0. The molecule has 0 aromatic carbocycles. The van der Waals surface area contributed by atoms with Crippen molar-refractivity contribution < 1.29 is 5.11 Å². The Morgan fingerprint density at radius 1 is 1.14 bits per heavy atom. The minimum Gasteiger partial charge on any atom is -0.391 e. The maximum Gasteiger partial charge on any atom is 0.138 e. The quantitative estimate of drug-likeness (QED) is 0.316. The van der Waals surface area contributed by atoms with Gasteiger partial charge in [-0.3, -0.25) is 0 Å². The van der Waals surface area contributed by atoms with Crippen molar-refractivity contribution in [3.05, 3.63) is 77.2 Å². The summed E-state index contributed by atoms with van der Waals surface area (Å²) in [6.07, 6.45) is 12.1. The summed E-state index contributed by atoms with van der Waals surface area (Å²) in [5.74, 6) is 2.14. The number of H-pyrrole nitrogens is 1. The zero-order valence-corrected chi connectivity index (χ0v) is 20.2. The maximum absolute atomic E-state index is 10.5. The lowest BCUT2D eigenvalue weighted by atomic mass is 10.1. The molecule has 6 heterocycles. The lowest BCUT2D eigenvalue weighted by Gasteiger charge is -2.24. The Morgan fingerprint density at radius 2 is 2.06 bits per heavy atom. The molecule has 2 fully saturated rings. The van der Waals surface area contributed by atoms with Gasteiger partial charge in [0.15, 0.2) is 0 Å². The third-order valence-corrected chi connectivity index (χ3v) is 7.43. The van der Waals surface area contributed by atoms with E-state index in [1.807, 2.05) is 18.3 Å². The van der Waals surface area contributed by atoms with Gasteiger partial charge in [0.05, 0.1) is 22.9 Å². The van der Waals surface area contributed by atoms with Crippen molar-refractivity contribution in [2.24, 2.45) is 0 Å². The van der Waals surface area contributed by atoms with Crippen LogP contribution < -0.4 is 10.2 Å². The third-order valence-electron chi connectivity index (χ3n) is 7.12. The number of β-amino-alcohol motifs (C(OH)–C–C–N with tert-alkyl or cyclic N) is 1. The normalized spacial score (nSPS) is 20.0. The Morgan fingerprint density at radius 3 is 2.94 bits per heavy atom. The first-order chi connectivity index (χ1) is 17.6. The van der Waals surface area contributed by atoms with Crippen LogP contribution in [0, 0.1) is 0 Å². The molecule has 36 heavy (non-hydrogen) atoms. The molecule has 5 aromatic rings. The Kier molecular flexibility index (Phi) is 5.07. The van der Waals surface area contributed by atoms with Gasteiger partial charge in [-0.25, -0.2) is 19.9 Å². The van der Waals surface area contributed by atoms with Crippen molar-refractivity contribution in [2.75, 3.05) is 16.8 Å². The van der Waals surface area contributed by atoms with Crippen LogP contribution in [0.3, 0.4) is 0 Å². The van der Waals surface area contributed by atoms with Crippen molar-refractivity contribution in [3.8, 4) is 0 Å². The fraction of sp³-hybridized carbons (Fsp3) is 0.308. The van der Waals surface area contributed by atoms with Gasteiger partial charge >= 0.3 is 0 Å². The highest BCUT2D eigenvalue weighted by atomic mass is 35.5. The number of aromatic nitrogens is 6. The highest BCUT2D eigenvalue weighted by Gasteiger charge is 2.35. The summed E-state index contributed by atoms with van der Waals surface area (Å²) >= 11 is 6.24. The number of halogens is 1. The van der Waals surface area contributed by atoms with E-state index in [0.717, 1.165) is 33.8 Å². The van der Waals surface area contributed by atoms with E-state index in [0.29, 0.717) is 36.3 Å². The summed E-state index contributed by atoms with van der Waals surface area (Å²) in [4.78, 5) is 23.4. The molecule has 0 bridgehead atoms. The number of hydrogen-bond donors (Lipinski definition) is 3. The first kappa shape index (κ1) is 21.6. The van der Waals surface area contributed by atoms with Gasteiger partial charge in [-0.15, -0.1) is 0 Å². The molecule has 1 saturated heterocycles. The number of fused-ring (bicyclic) bond motifs is 2. The smallest absolute Gasteiger partial charge is 0.138 e. The number of aliphatic hydroxyl groups is 1. The van der Waals surface area contributed by atoms with Crippen LogP contribution in [0.25, 0.3) is 16.7 Å². The Hall–Kier alpha value is -3.69. The van der Waals surface area contributed by atoms with E-state index < -0.39 is 6.10 Å². The lowest BCUT2D eigenvalue weighted by molar-refractivity contribution is 0.194. The Bertz CT molecular complexity index is 1580. The molecule has 1 aliphatic carbocycles. The number of nitrogens with zero attached hydrogens (tertiary/aromatic N) is 6. The van der Waals surface area contributed by atoms with Gasteiger partial charge in [-0.05, 0) is 42.0 Å². The van der Waals surface area contributed by atoms with Crippen LogP contribution in [0.15, 0.2) is 55.4 Å². The molecule has 0 spiro atoms. The molecule has 9 nitrogen and oxygen atoms in total. The van der Waals surface area contributed by atoms with Gasteiger partial charge in [0.1, 0.15) is 29.3 Å². The van der Waals surface area contributed by atoms with E-state index >= 15 is 0 Å². The minimum atomic E-state index is -0.447. The Labute approximate surface area is 212 Å². The topological polar surface area (TPSA) is 107 Å². The summed E-state index contributed by atoms with van der Waals surface area (Å²) in [6, 6.07) is 8.15. The van der Waals surface area contributed by atoms with Crippen molar-refractivity contribution in [1.82, 2.24) is 29.3 Å². The number of rotatable bonds is 6. The van der Waals surface area contributed by atoms with E-state index in [-0.39, 0.29) is 6.04 Å². The molecule has 0 amide bonds. The van der Waals surface area contributed by atoms with E-state index in [9.17, 15) is 5.11 Å². The van der Waals surface area contributed by atoms with E-state index in [1.54, 1.807) is 12.5 Å². The van der Waals surface area contributed by atoms with Crippen molar-refractivity contribution in [2.45, 2.75) is 43.9 Å². The van der Waals surface area contributed by atoms with E-state index in [1.165, 1.54) is 18.4 Å². The number of hydrogen-bond acceptors (Lipinski definition) is 7. The SMILES string of the molecule is O[C@H]1C[C@H](c2cn3cc(C4CC4)ccc3n2)N(c2cc(NCc3cnc4[nH]cc(Cl)c4c3)ncn2)C1. The second-order valence-corrected chi connectivity index (χ2v) is 10.1. The van der Waals surface area contributed by atoms with Crippen LogP contribution in [-0.4, -0.2) is 47.1 Å². The molecule has 1 saturated carbocycles. The van der Waals surface area contributed by atoms with Crippen molar-refractivity contribution >= 4 is 39.9 Å². The van der Waals surface area contributed by atoms with Crippen LogP contribution in [0.2, 0.25) is 5.02 Å². The number of nitrogens with one attached hydrogen (secondary N) is 2. The zero-order valence-electron chi connectivity index (χ0n) is 19.5. The Balaban J connectivity index is 1.12. The second kappa shape index (κ2) is 8.46. The van der Waals surface area contributed by atoms with Crippen LogP contribution >= 0.6 is 11.6 Å². The molecule has 1 aliphatic heterocycles. The summed E-state index contributed by atoms with van der Waals surface area (Å²) in [6.45, 7) is 1.04. The summed E-state index contributed by atoms with van der Waals surface area (Å²) in [5.41, 5.74) is 5.00. The van der Waals surface area contributed by atoms with Gasteiger partial charge in [-0.1, -0.05) is 17.7 Å². The second-order valence-electron chi connectivity index (χ2n) is 9.72. The van der Waals surface area contributed by atoms with Gasteiger partial charge in [0.2, 0.25) is 0 Å². The summed E-state index contributed by atoms with van der Waals surface area (Å²) in [5, 5.41) is 15.5. The standard InChI is InChI=1S/C26H25ClN8O/c27-20-10-30-26-19(20)5-15(9-29-26)8-28-23-7-25(32-14-31-23)35-12-18(36)6-22(35)21-13-34-11-17(16-1-2-16)3-4-24(34)33-21/h3-5,7,9-11,13-14,16,18,22,36H,1-2,6,8,12H2,(H,29,30)(H,28,31,32)/t18-,22+/m0/s1. The van der Waals surface area contributed by atoms with Crippen LogP contribution in [0.5, 0.6) is 0 Å². The molecule has 2 atom stereocenters. The van der Waals surface area contributed by atoms with Gasteiger partial charge in [0.25, 0.3) is 0 Å². The van der Waals surface area contributed by atoms with Crippen LogP contribution in [-0.2, 0) is 6.54 Å². The average molecular weight is 501 g/mol. The first-order valence-electron chi connectivity index (χ1n) is 12.2. The highest BCUT2D eigenvalue weighted by molar-refractivity contribution is 6.35. The molecule has 0 radical (unpaired) electrons. The number of aliphatic hydroxyl groups excluding tert-OH is 1. The molecule has 3 N–H and O–H groups in total. The molecule has 0 unspecified atom stereocenters. The molecular formula is C26H25ClN8O. The fourth-order valence-corrected chi connectivity index (χ4v) is 5.30. The first-order valence-corrected chi connectivity index (χ1v) is 12.6. The number of aromatic amines is 1. The van der Waals surface area contributed by atoms with Gasteiger partial charge < -0.3 is 24.7 Å². The molecule has 182 valence electrons. The van der Waals surface area contributed by atoms with E-state index in [4.69, 9.17) is 16.6 Å². The summed E-state index contributed by atoms with van der Waals surface area (Å²) < 4.78 is 2.11. The monoisotopic (exact) mass is 500 g/mol. The lowest BCUT2D eigenvalue weighted by Crippen LogP contribution is -2.25.